The van der Waals surface area contributed by atoms with Crippen LogP contribution in [0.15, 0.2) is 0 Å². The largest absolute Gasteiger partial charge is 0.854 e. The Hall–Kier alpha value is 0.0700. The second-order valence-corrected chi connectivity index (χ2v) is 27.5. The molecule has 79 heavy (non-hydrogen) atoms. The van der Waals surface area contributed by atoms with Crippen molar-refractivity contribution in [2.24, 2.45) is 0 Å². The normalized spacial score (nSPS) is 11.8. The monoisotopic (exact) mass is 1150 g/mol. The summed E-state index contributed by atoms with van der Waals surface area (Å²) < 4.78 is 20.1. The predicted molar refractivity (Wildman–Crippen MR) is 347 cm³/mol. The van der Waals surface area contributed by atoms with Crippen LogP contribution < -0.4 is 14.7 Å². The van der Waals surface area contributed by atoms with Crippen LogP contribution in [0.25, 0.3) is 0 Å². The maximum atomic E-state index is 8.48. The summed E-state index contributed by atoms with van der Waals surface area (Å²) in [6.45, 7) is 15.8. The molecule has 0 aliphatic rings. The third-order valence-electron chi connectivity index (χ3n) is 15.1. The quantitative estimate of drug-likeness (QED) is 0.0342. The fraction of sp³-hybridized carbons (Fsp3) is 1.00. The first-order valence-corrected chi connectivity index (χ1v) is 36.0. The van der Waals surface area contributed by atoms with Gasteiger partial charge in [-0.1, -0.05) is 310 Å². The Bertz CT molecular complexity index is 926. The van der Waals surface area contributed by atoms with Gasteiger partial charge in [0.25, 0.3) is 0 Å². The topological polar surface area (TPSA) is 96.9 Å². The lowest BCUT2D eigenvalue weighted by Gasteiger charge is -2.39. The highest BCUT2D eigenvalue weighted by Crippen LogP contribution is 2.17. The summed E-state index contributed by atoms with van der Waals surface area (Å²) in [5, 5.41) is 0. The summed E-state index contributed by atoms with van der Waals surface area (Å²) in [5.74, 6) is 0. The summed E-state index contributed by atoms with van der Waals surface area (Å²) in [7, 11) is 16.6. The van der Waals surface area contributed by atoms with Crippen molar-refractivity contribution in [3.63, 3.8) is 0 Å². The maximum absolute atomic E-state index is 8.48. The number of rotatable bonds is 60. The molecule has 0 radical (unpaired) electrons. The molecule has 10 heteroatoms. The standard InChI is InChI=1S/3C23H50NO.O3P/c3*1-5-6-7-8-9-10-11-12-13-14-15-16-17-18-19-20-22-25-23-21-24(2,3)4;1-4(2)3/h3*5-23H2,1-4H3;/q3*+1;-3. The first-order chi connectivity index (χ1) is 37.9. The minimum Gasteiger partial charge on any atom is -0.854 e. The van der Waals surface area contributed by atoms with E-state index < -0.39 is 8.60 Å². The van der Waals surface area contributed by atoms with Crippen molar-refractivity contribution in [1.29, 1.82) is 0 Å². The molecular formula is C69H150N3O6P. The van der Waals surface area contributed by atoms with Crippen LogP contribution in [-0.2, 0) is 14.2 Å². The zero-order valence-electron chi connectivity index (χ0n) is 56.5. The van der Waals surface area contributed by atoms with Gasteiger partial charge in [0.15, 0.2) is 0 Å². The van der Waals surface area contributed by atoms with Crippen LogP contribution >= 0.6 is 8.60 Å². The summed E-state index contributed by atoms with van der Waals surface area (Å²) in [4.78, 5) is 25.4. The van der Waals surface area contributed by atoms with Crippen molar-refractivity contribution in [2.45, 2.75) is 329 Å². The zero-order valence-corrected chi connectivity index (χ0v) is 57.4. The van der Waals surface area contributed by atoms with E-state index in [4.69, 9.17) is 28.9 Å². The van der Waals surface area contributed by atoms with E-state index in [-0.39, 0.29) is 0 Å². The van der Waals surface area contributed by atoms with Crippen LogP contribution in [0.4, 0.5) is 0 Å². The Balaban J connectivity index is -0.000000515. The lowest BCUT2D eigenvalue weighted by Crippen LogP contribution is -2.37. The van der Waals surface area contributed by atoms with E-state index in [1.54, 1.807) is 0 Å². The molecule has 9 nitrogen and oxygen atoms in total. The fourth-order valence-corrected chi connectivity index (χ4v) is 9.58. The first kappa shape index (κ1) is 85.5. The number of likely N-dealkylation sites (N-methyl/N-ethyl adjacent to an activating group) is 3. The van der Waals surface area contributed by atoms with Crippen molar-refractivity contribution in [3.8, 4) is 0 Å². The van der Waals surface area contributed by atoms with Crippen molar-refractivity contribution in [3.05, 3.63) is 0 Å². The molecule has 0 spiro atoms. The minimum absolute atomic E-state index is 0.905. The summed E-state index contributed by atoms with van der Waals surface area (Å²) in [5.41, 5.74) is 0. The Morgan fingerprint density at radius 2 is 0.316 bits per heavy atom. The van der Waals surface area contributed by atoms with Crippen LogP contribution in [0, 0.1) is 0 Å². The molecule has 0 heterocycles. The van der Waals surface area contributed by atoms with Crippen molar-refractivity contribution in [1.82, 2.24) is 0 Å². The Kier molecular flexibility index (Phi) is 76.4. The minimum atomic E-state index is -3.37. The number of unbranched alkanes of at least 4 members (excludes halogenated alkanes) is 45. The van der Waals surface area contributed by atoms with E-state index in [1.807, 2.05) is 0 Å². The van der Waals surface area contributed by atoms with E-state index in [0.717, 1.165) is 72.7 Å². The molecule has 0 aromatic heterocycles. The van der Waals surface area contributed by atoms with Crippen LogP contribution in [0.3, 0.4) is 0 Å². The summed E-state index contributed by atoms with van der Waals surface area (Å²) >= 11 is 0. The summed E-state index contributed by atoms with van der Waals surface area (Å²) in [6.07, 6.45) is 68.6. The lowest BCUT2D eigenvalue weighted by molar-refractivity contribution is -0.870. The van der Waals surface area contributed by atoms with Crippen LogP contribution in [-0.4, -0.2) is 136 Å². The van der Waals surface area contributed by atoms with Crippen LogP contribution in [0.5, 0.6) is 0 Å². The fourth-order valence-electron chi connectivity index (χ4n) is 9.58. The molecule has 0 unspecified atom stereocenters. The second kappa shape index (κ2) is 70.6. The molecule has 0 fully saturated rings. The molecule has 0 amide bonds. The predicted octanol–water partition coefficient (Wildman–Crippen LogP) is 18.2. The smallest absolute Gasteiger partial charge is 0.102 e. The number of ether oxygens (including phenoxy) is 3. The number of nitrogens with zero attached hydrogens (tertiary/aromatic N) is 3. The molecule has 0 saturated carbocycles. The molecule has 0 saturated heterocycles. The molecule has 0 aromatic carbocycles. The van der Waals surface area contributed by atoms with Crippen molar-refractivity contribution in [2.75, 3.05) is 123 Å². The average molecular weight is 1150 g/mol. The average Bonchev–Trinajstić information content (AvgIpc) is 3.37. The molecule has 0 aromatic rings. The zero-order chi connectivity index (χ0) is 59.5. The molecule has 0 aliphatic carbocycles. The Labute approximate surface area is 500 Å². The van der Waals surface area contributed by atoms with E-state index in [9.17, 15) is 0 Å². The molecule has 0 atom stereocenters. The van der Waals surface area contributed by atoms with Gasteiger partial charge in [-0.25, -0.2) is 0 Å². The van der Waals surface area contributed by atoms with Gasteiger partial charge >= 0.3 is 0 Å². The second-order valence-electron chi connectivity index (χ2n) is 27.0. The van der Waals surface area contributed by atoms with E-state index in [2.05, 4.69) is 84.2 Å². The summed E-state index contributed by atoms with van der Waals surface area (Å²) in [6, 6.07) is 0. The van der Waals surface area contributed by atoms with Gasteiger partial charge in [0.1, 0.15) is 19.6 Å². The maximum Gasteiger partial charge on any atom is 0.102 e. The van der Waals surface area contributed by atoms with Gasteiger partial charge in [0, 0.05) is 19.8 Å². The lowest BCUT2D eigenvalue weighted by atomic mass is 10.0. The molecule has 0 rings (SSSR count). The highest BCUT2D eigenvalue weighted by atomic mass is 31.2. The van der Waals surface area contributed by atoms with Crippen LogP contribution in [0.1, 0.15) is 329 Å². The molecular weight excluding hydrogens is 998 g/mol. The SMILES string of the molecule is CCCCCCCCCCCCCCCCCCOCC[N+](C)(C)C.CCCCCCCCCCCCCCCCCCOCC[N+](C)(C)C.CCCCCCCCCCCCCCCCCCOCC[N+](C)(C)C.[O-]P([O-])[O-]. The van der Waals surface area contributed by atoms with Gasteiger partial charge < -0.3 is 50.9 Å². The number of quaternary nitrogens is 3. The van der Waals surface area contributed by atoms with Gasteiger partial charge in [-0.15, -0.1) is 0 Å². The third kappa shape index (κ3) is 103. The number of hydrogen-bond acceptors (Lipinski definition) is 6. The van der Waals surface area contributed by atoms with Crippen molar-refractivity contribution >= 4 is 8.60 Å². The van der Waals surface area contributed by atoms with Gasteiger partial charge in [-0.3, -0.25) is 0 Å². The van der Waals surface area contributed by atoms with E-state index in [0.29, 0.717) is 0 Å². The van der Waals surface area contributed by atoms with E-state index >= 15 is 0 Å². The molecule has 482 valence electrons. The van der Waals surface area contributed by atoms with E-state index in [1.165, 1.54) is 308 Å². The Morgan fingerprint density at radius 1 is 0.203 bits per heavy atom. The van der Waals surface area contributed by atoms with Gasteiger partial charge in [-0.05, 0) is 19.3 Å². The van der Waals surface area contributed by atoms with Crippen LogP contribution in [0.2, 0.25) is 0 Å². The highest BCUT2D eigenvalue weighted by molar-refractivity contribution is 7.33. The third-order valence-corrected chi connectivity index (χ3v) is 15.1. The van der Waals surface area contributed by atoms with Gasteiger partial charge in [0.05, 0.1) is 83.2 Å². The first-order valence-electron chi connectivity index (χ1n) is 34.9. The van der Waals surface area contributed by atoms with Gasteiger partial charge in [0.2, 0.25) is 0 Å². The Morgan fingerprint density at radius 3 is 0.430 bits per heavy atom. The van der Waals surface area contributed by atoms with Gasteiger partial charge in [-0.2, -0.15) is 0 Å². The highest BCUT2D eigenvalue weighted by Gasteiger charge is 2.08. The molecule has 0 N–H and O–H groups in total. The molecule has 0 bridgehead atoms. The number of hydrogen-bond donors (Lipinski definition) is 0. The van der Waals surface area contributed by atoms with Crippen molar-refractivity contribution < 1.29 is 42.3 Å². The molecule has 0 aliphatic heterocycles.